The Morgan fingerprint density at radius 1 is 1.35 bits per heavy atom. The van der Waals surface area contributed by atoms with Crippen LogP contribution in [0.2, 0.25) is 0 Å². The predicted octanol–water partition coefficient (Wildman–Crippen LogP) is 3.41. The van der Waals surface area contributed by atoms with Crippen molar-refractivity contribution in [3.8, 4) is 5.75 Å². The summed E-state index contributed by atoms with van der Waals surface area (Å²) in [7, 11) is 1.01. The highest BCUT2D eigenvalue weighted by atomic mass is 32.2. The van der Waals surface area contributed by atoms with Crippen molar-refractivity contribution >= 4 is 10.8 Å². The van der Waals surface area contributed by atoms with Crippen molar-refractivity contribution in [2.45, 2.75) is 51.2 Å². The highest BCUT2D eigenvalue weighted by Gasteiger charge is 2.21. The molecule has 0 amide bonds. The Hall–Kier alpha value is -0.870. The van der Waals surface area contributed by atoms with Gasteiger partial charge in [0.1, 0.15) is 5.75 Å². The molecule has 0 bridgehead atoms. The minimum atomic E-state index is -0.926. The fourth-order valence-corrected chi connectivity index (χ4v) is 2.74. The Kier molecular flexibility index (Phi) is 6.21. The molecule has 0 fully saturated rings. The van der Waals surface area contributed by atoms with Gasteiger partial charge >= 0.3 is 0 Å². The Balaban J connectivity index is 3.08. The van der Waals surface area contributed by atoms with E-state index in [0.717, 1.165) is 11.3 Å². The first-order valence-electron chi connectivity index (χ1n) is 7.11. The highest BCUT2D eigenvalue weighted by Crippen LogP contribution is 2.27. The summed E-state index contributed by atoms with van der Waals surface area (Å²) in [5, 5.41) is 3.23. The zero-order valence-corrected chi connectivity index (χ0v) is 14.3. The van der Waals surface area contributed by atoms with E-state index in [9.17, 15) is 4.21 Å². The second kappa shape index (κ2) is 7.23. The first-order valence-corrected chi connectivity index (χ1v) is 8.42. The second-order valence-corrected chi connectivity index (χ2v) is 8.12. The van der Waals surface area contributed by atoms with Crippen molar-refractivity contribution in [1.29, 1.82) is 0 Å². The van der Waals surface area contributed by atoms with Gasteiger partial charge in [-0.2, -0.15) is 0 Å². The van der Waals surface area contributed by atoms with E-state index in [1.165, 1.54) is 5.56 Å². The average molecular weight is 297 g/mol. The maximum atomic E-state index is 12.4. The summed E-state index contributed by atoms with van der Waals surface area (Å²) in [4.78, 5) is 0. The quantitative estimate of drug-likeness (QED) is 0.874. The number of nitrogens with one attached hydrogen (secondary N) is 1. The third-order valence-corrected chi connectivity index (χ3v) is 5.23. The molecule has 4 heteroatoms. The maximum Gasteiger partial charge on any atom is 0.123 e. The first-order chi connectivity index (χ1) is 9.29. The third-order valence-electron chi connectivity index (χ3n) is 3.29. The van der Waals surface area contributed by atoms with Crippen LogP contribution in [0.5, 0.6) is 5.75 Å². The van der Waals surface area contributed by atoms with Crippen molar-refractivity contribution < 1.29 is 8.95 Å². The van der Waals surface area contributed by atoms with Crippen LogP contribution in [0.3, 0.4) is 0 Å². The van der Waals surface area contributed by atoms with Gasteiger partial charge in [0.25, 0.3) is 0 Å². The fourth-order valence-electron chi connectivity index (χ4n) is 1.80. The number of benzene rings is 1. The van der Waals surface area contributed by atoms with Crippen LogP contribution in [0.1, 0.15) is 51.8 Å². The van der Waals surface area contributed by atoms with Gasteiger partial charge < -0.3 is 10.1 Å². The summed E-state index contributed by atoms with van der Waals surface area (Å²) in [5.74, 6) is 1.38. The molecule has 0 aliphatic heterocycles. The third kappa shape index (κ3) is 4.60. The molecule has 0 heterocycles. The van der Waals surface area contributed by atoms with Gasteiger partial charge in [-0.25, -0.2) is 0 Å². The molecular weight excluding hydrogens is 270 g/mol. The number of hydrogen-bond acceptors (Lipinski definition) is 3. The average Bonchev–Trinajstić information content (AvgIpc) is 2.38. The van der Waals surface area contributed by atoms with E-state index in [2.05, 4.69) is 24.4 Å². The molecular formula is C16H27NO2S. The first kappa shape index (κ1) is 17.2. The van der Waals surface area contributed by atoms with Gasteiger partial charge in [-0.05, 0) is 59.4 Å². The van der Waals surface area contributed by atoms with Crippen LogP contribution in [0.4, 0.5) is 0 Å². The van der Waals surface area contributed by atoms with Crippen molar-refractivity contribution in [3.63, 3.8) is 0 Å². The lowest BCUT2D eigenvalue weighted by Gasteiger charge is -2.20. The molecule has 0 aromatic heterocycles. The van der Waals surface area contributed by atoms with Crippen molar-refractivity contribution in [2.24, 2.45) is 0 Å². The smallest absolute Gasteiger partial charge is 0.123 e. The summed E-state index contributed by atoms with van der Waals surface area (Å²) in [6.45, 7) is 10.7. The Labute approximate surface area is 125 Å². The molecule has 0 saturated heterocycles. The molecule has 1 N–H and O–H groups in total. The van der Waals surface area contributed by atoms with E-state index < -0.39 is 10.8 Å². The van der Waals surface area contributed by atoms with Crippen LogP contribution in [-0.2, 0) is 16.6 Å². The Morgan fingerprint density at radius 3 is 2.50 bits per heavy atom. The summed E-state index contributed by atoms with van der Waals surface area (Å²) < 4.78 is 17.8. The van der Waals surface area contributed by atoms with Gasteiger partial charge in [0.15, 0.2) is 0 Å². The lowest BCUT2D eigenvalue weighted by molar-refractivity contribution is 0.337. The Bertz CT molecular complexity index is 466. The lowest BCUT2D eigenvalue weighted by Crippen LogP contribution is -2.23. The van der Waals surface area contributed by atoms with Crippen molar-refractivity contribution in [2.75, 3.05) is 13.7 Å². The molecule has 1 aromatic carbocycles. The van der Waals surface area contributed by atoms with Crippen molar-refractivity contribution in [1.82, 2.24) is 5.32 Å². The SMILES string of the molecule is CCOc1ccc(C(C)NC)cc1CS(=O)C(C)(C)C. The highest BCUT2D eigenvalue weighted by molar-refractivity contribution is 7.85. The topological polar surface area (TPSA) is 38.3 Å². The molecule has 2 unspecified atom stereocenters. The number of hydrogen-bond donors (Lipinski definition) is 1. The van der Waals surface area contributed by atoms with Crippen LogP contribution in [0.25, 0.3) is 0 Å². The zero-order valence-electron chi connectivity index (χ0n) is 13.4. The summed E-state index contributed by atoms with van der Waals surface area (Å²) in [5.41, 5.74) is 2.22. The summed E-state index contributed by atoms with van der Waals surface area (Å²) in [6.07, 6.45) is 0. The monoisotopic (exact) mass is 297 g/mol. The number of rotatable bonds is 6. The molecule has 0 radical (unpaired) electrons. The van der Waals surface area contributed by atoms with E-state index in [-0.39, 0.29) is 10.8 Å². The molecule has 0 spiro atoms. The molecule has 1 aromatic rings. The molecule has 114 valence electrons. The standard InChI is InChI=1S/C16H27NO2S/c1-7-19-15-9-8-13(12(2)17-6)10-14(15)11-20(18)16(3,4)5/h8-10,12,17H,7,11H2,1-6H3. The van der Waals surface area contributed by atoms with E-state index in [1.54, 1.807) is 0 Å². The van der Waals surface area contributed by atoms with Crippen LogP contribution < -0.4 is 10.1 Å². The van der Waals surface area contributed by atoms with Gasteiger partial charge in [-0.15, -0.1) is 0 Å². The lowest BCUT2D eigenvalue weighted by atomic mass is 10.1. The van der Waals surface area contributed by atoms with Crippen LogP contribution >= 0.6 is 0 Å². The minimum Gasteiger partial charge on any atom is -0.494 e. The van der Waals surface area contributed by atoms with Crippen LogP contribution in [-0.4, -0.2) is 22.6 Å². The summed E-state index contributed by atoms with van der Waals surface area (Å²) >= 11 is 0. The molecule has 1 rings (SSSR count). The van der Waals surface area contributed by atoms with Gasteiger partial charge in [0, 0.05) is 27.2 Å². The second-order valence-electron chi connectivity index (χ2n) is 5.91. The normalized spacial score (nSPS) is 14.9. The maximum absolute atomic E-state index is 12.4. The molecule has 3 nitrogen and oxygen atoms in total. The van der Waals surface area contributed by atoms with E-state index in [1.807, 2.05) is 40.8 Å². The zero-order chi connectivity index (χ0) is 15.3. The van der Waals surface area contributed by atoms with Gasteiger partial charge in [-0.1, -0.05) is 6.07 Å². The van der Waals surface area contributed by atoms with E-state index in [4.69, 9.17) is 4.74 Å². The van der Waals surface area contributed by atoms with Crippen molar-refractivity contribution in [3.05, 3.63) is 29.3 Å². The number of ether oxygens (including phenoxy) is 1. The molecule has 2 atom stereocenters. The molecule has 0 saturated carbocycles. The predicted molar refractivity (Wildman–Crippen MR) is 86.7 cm³/mol. The largest absolute Gasteiger partial charge is 0.494 e. The summed E-state index contributed by atoms with van der Waals surface area (Å²) in [6, 6.07) is 6.43. The van der Waals surface area contributed by atoms with Gasteiger partial charge in [0.2, 0.25) is 0 Å². The fraction of sp³-hybridized carbons (Fsp3) is 0.625. The van der Waals surface area contributed by atoms with E-state index >= 15 is 0 Å². The molecule has 20 heavy (non-hydrogen) atoms. The van der Waals surface area contributed by atoms with E-state index in [0.29, 0.717) is 12.4 Å². The van der Waals surface area contributed by atoms with Gasteiger partial charge in [0.05, 0.1) is 12.4 Å². The van der Waals surface area contributed by atoms with Crippen LogP contribution in [0.15, 0.2) is 18.2 Å². The minimum absolute atomic E-state index is 0.214. The molecule has 0 aliphatic carbocycles. The van der Waals surface area contributed by atoms with Crippen LogP contribution in [0, 0.1) is 0 Å². The molecule has 0 aliphatic rings. The van der Waals surface area contributed by atoms with Gasteiger partial charge in [-0.3, -0.25) is 4.21 Å². The Morgan fingerprint density at radius 2 is 2.00 bits per heavy atom.